The van der Waals surface area contributed by atoms with Gasteiger partial charge < -0.3 is 19.7 Å². The third-order valence-corrected chi connectivity index (χ3v) is 5.99. The number of nitrogens with zero attached hydrogens (tertiary/aromatic N) is 2. The number of aryl methyl sites for hydroxylation is 1. The van der Waals surface area contributed by atoms with Gasteiger partial charge in [-0.25, -0.2) is 0 Å². The van der Waals surface area contributed by atoms with Crippen LogP contribution in [0.2, 0.25) is 0 Å². The number of rotatable bonds is 10. The number of nitrogens with one attached hydrogen (secondary N) is 1. The predicted octanol–water partition coefficient (Wildman–Crippen LogP) is 1.70. The number of carbonyl (C=O) groups is 2. The minimum atomic E-state index is -0.0997. The molecule has 2 aliphatic heterocycles. The fraction of sp³-hybridized carbons (Fsp3) is 0.652. The van der Waals surface area contributed by atoms with Gasteiger partial charge in [0.1, 0.15) is 5.75 Å². The third-order valence-electron chi connectivity index (χ3n) is 5.99. The number of para-hydroxylation sites is 1. The number of methoxy groups -OCH3 is 1. The molecular weight excluding hydrogens is 382 g/mol. The minimum absolute atomic E-state index is 0.0701. The molecule has 2 heterocycles. The molecule has 0 aliphatic carbocycles. The van der Waals surface area contributed by atoms with Crippen LogP contribution in [0.1, 0.15) is 31.2 Å². The van der Waals surface area contributed by atoms with Crippen molar-refractivity contribution in [3.05, 3.63) is 29.8 Å². The van der Waals surface area contributed by atoms with Gasteiger partial charge in [0.25, 0.3) is 0 Å². The highest BCUT2D eigenvalue weighted by Gasteiger charge is 2.29. The zero-order chi connectivity index (χ0) is 21.2. The van der Waals surface area contributed by atoms with Gasteiger partial charge >= 0.3 is 0 Å². The van der Waals surface area contributed by atoms with Crippen LogP contribution < -0.4 is 10.1 Å². The van der Waals surface area contributed by atoms with E-state index in [1.54, 1.807) is 7.11 Å². The molecule has 2 saturated heterocycles. The number of carbonyl (C=O) groups excluding carboxylic acids is 2. The Hall–Kier alpha value is -2.12. The van der Waals surface area contributed by atoms with Gasteiger partial charge in [0, 0.05) is 45.7 Å². The Morgan fingerprint density at radius 3 is 2.80 bits per heavy atom. The Balaban J connectivity index is 1.36. The van der Waals surface area contributed by atoms with Crippen LogP contribution >= 0.6 is 0 Å². The van der Waals surface area contributed by atoms with Gasteiger partial charge in [-0.3, -0.25) is 14.5 Å². The number of hydrogen-bond acceptors (Lipinski definition) is 5. The molecule has 2 amide bonds. The predicted molar refractivity (Wildman–Crippen MR) is 116 cm³/mol. The first kappa shape index (κ1) is 22.6. The van der Waals surface area contributed by atoms with Crippen molar-refractivity contribution in [1.82, 2.24) is 15.1 Å². The summed E-state index contributed by atoms with van der Waals surface area (Å²) < 4.78 is 10.8. The van der Waals surface area contributed by atoms with E-state index in [0.29, 0.717) is 25.9 Å². The van der Waals surface area contributed by atoms with Gasteiger partial charge in [-0.1, -0.05) is 18.2 Å². The van der Waals surface area contributed by atoms with E-state index in [4.69, 9.17) is 9.47 Å². The maximum absolute atomic E-state index is 12.6. The Kier molecular flexibility index (Phi) is 8.96. The van der Waals surface area contributed by atoms with Crippen LogP contribution in [-0.4, -0.2) is 81.2 Å². The zero-order valence-corrected chi connectivity index (χ0v) is 18.1. The maximum Gasteiger partial charge on any atom is 0.224 e. The number of piperidine rings is 1. The fourth-order valence-corrected chi connectivity index (χ4v) is 4.20. The van der Waals surface area contributed by atoms with Crippen LogP contribution in [0.3, 0.4) is 0 Å². The average Bonchev–Trinajstić information content (AvgIpc) is 2.78. The van der Waals surface area contributed by atoms with Crippen LogP contribution in [-0.2, 0) is 20.7 Å². The number of benzene rings is 1. The van der Waals surface area contributed by atoms with Crippen LogP contribution in [0, 0.1) is 5.92 Å². The van der Waals surface area contributed by atoms with E-state index in [9.17, 15) is 9.59 Å². The smallest absolute Gasteiger partial charge is 0.224 e. The Morgan fingerprint density at radius 2 is 2.00 bits per heavy atom. The molecule has 0 unspecified atom stereocenters. The van der Waals surface area contributed by atoms with E-state index >= 15 is 0 Å². The summed E-state index contributed by atoms with van der Waals surface area (Å²) in [5.74, 6) is 1.04. The summed E-state index contributed by atoms with van der Waals surface area (Å²) in [5.41, 5.74) is 1.16. The molecule has 2 aliphatic rings. The van der Waals surface area contributed by atoms with Gasteiger partial charge in [0.05, 0.1) is 26.2 Å². The number of hydrogen-bond donors (Lipinski definition) is 1. The maximum atomic E-state index is 12.6. The number of ether oxygens (including phenoxy) is 2. The Morgan fingerprint density at radius 1 is 1.20 bits per heavy atom. The zero-order valence-electron chi connectivity index (χ0n) is 18.1. The Labute approximate surface area is 179 Å². The molecule has 1 aromatic carbocycles. The molecule has 7 nitrogen and oxygen atoms in total. The summed E-state index contributed by atoms with van der Waals surface area (Å²) in [6.45, 7) is 6.41. The molecular formula is C23H35N3O4. The van der Waals surface area contributed by atoms with Crippen LogP contribution in [0.25, 0.3) is 0 Å². The third kappa shape index (κ3) is 6.71. The monoisotopic (exact) mass is 417 g/mol. The van der Waals surface area contributed by atoms with Crippen molar-refractivity contribution in [2.45, 2.75) is 32.1 Å². The molecule has 0 saturated carbocycles. The lowest BCUT2D eigenvalue weighted by Crippen LogP contribution is -2.47. The Bertz CT molecular complexity index is 691. The second-order valence-corrected chi connectivity index (χ2v) is 8.09. The lowest BCUT2D eigenvalue weighted by molar-refractivity contribution is -0.138. The molecule has 7 heteroatoms. The molecule has 30 heavy (non-hydrogen) atoms. The molecule has 0 radical (unpaired) electrons. The highest BCUT2D eigenvalue weighted by molar-refractivity contribution is 5.83. The minimum Gasteiger partial charge on any atom is -0.496 e. The fourth-order valence-electron chi connectivity index (χ4n) is 4.20. The van der Waals surface area contributed by atoms with Crippen molar-refractivity contribution >= 4 is 11.8 Å². The van der Waals surface area contributed by atoms with E-state index in [0.717, 1.165) is 70.0 Å². The molecule has 0 bridgehead atoms. The lowest BCUT2D eigenvalue weighted by Gasteiger charge is -2.33. The van der Waals surface area contributed by atoms with Crippen molar-refractivity contribution in [1.29, 1.82) is 0 Å². The highest BCUT2D eigenvalue weighted by Crippen LogP contribution is 2.20. The summed E-state index contributed by atoms with van der Waals surface area (Å²) in [6.07, 6.45) is 3.79. The van der Waals surface area contributed by atoms with E-state index < -0.39 is 0 Å². The topological polar surface area (TPSA) is 71.1 Å². The van der Waals surface area contributed by atoms with E-state index in [1.165, 1.54) is 0 Å². The van der Waals surface area contributed by atoms with Gasteiger partial charge in [-0.05, 0) is 37.3 Å². The molecule has 1 aromatic rings. The molecule has 1 atom stereocenters. The summed E-state index contributed by atoms with van der Waals surface area (Å²) in [5, 5.41) is 3.06. The van der Waals surface area contributed by atoms with Gasteiger partial charge in [0.15, 0.2) is 0 Å². The van der Waals surface area contributed by atoms with Gasteiger partial charge in [-0.2, -0.15) is 0 Å². The van der Waals surface area contributed by atoms with Crippen molar-refractivity contribution in [2.75, 3.05) is 59.6 Å². The lowest BCUT2D eigenvalue weighted by atomic mass is 9.96. The van der Waals surface area contributed by atoms with E-state index in [-0.39, 0.29) is 17.7 Å². The van der Waals surface area contributed by atoms with Crippen molar-refractivity contribution in [3.8, 4) is 5.75 Å². The molecule has 3 rings (SSSR count). The first-order chi connectivity index (χ1) is 14.7. The average molecular weight is 418 g/mol. The largest absolute Gasteiger partial charge is 0.496 e. The van der Waals surface area contributed by atoms with Crippen LogP contribution in [0.4, 0.5) is 0 Å². The quantitative estimate of drug-likeness (QED) is 0.587. The number of amides is 2. The number of likely N-dealkylation sites (tertiary alicyclic amines) is 1. The van der Waals surface area contributed by atoms with Gasteiger partial charge in [-0.15, -0.1) is 0 Å². The first-order valence-corrected chi connectivity index (χ1v) is 11.1. The highest BCUT2D eigenvalue weighted by atomic mass is 16.5. The van der Waals surface area contributed by atoms with Crippen molar-refractivity contribution in [2.24, 2.45) is 5.92 Å². The molecule has 0 aromatic heterocycles. The van der Waals surface area contributed by atoms with Crippen molar-refractivity contribution in [3.63, 3.8) is 0 Å². The van der Waals surface area contributed by atoms with Crippen LogP contribution in [0.5, 0.6) is 5.75 Å². The second kappa shape index (κ2) is 11.9. The summed E-state index contributed by atoms with van der Waals surface area (Å²) in [7, 11) is 1.68. The molecule has 166 valence electrons. The molecule has 0 spiro atoms. The van der Waals surface area contributed by atoms with Gasteiger partial charge in [0.2, 0.25) is 11.8 Å². The van der Waals surface area contributed by atoms with Crippen molar-refractivity contribution < 1.29 is 19.1 Å². The second-order valence-electron chi connectivity index (χ2n) is 8.09. The molecule has 1 N–H and O–H groups in total. The first-order valence-electron chi connectivity index (χ1n) is 11.1. The SMILES string of the molecule is COc1ccccc1CCCNC(=O)[C@H]1CCC(=O)N(CCCN2CCOCC2)C1. The summed E-state index contributed by atoms with van der Waals surface area (Å²) in [6, 6.07) is 7.98. The summed E-state index contributed by atoms with van der Waals surface area (Å²) >= 11 is 0. The van der Waals surface area contributed by atoms with E-state index in [1.807, 2.05) is 23.1 Å². The molecule has 2 fully saturated rings. The van der Waals surface area contributed by atoms with E-state index in [2.05, 4.69) is 16.3 Å². The summed E-state index contributed by atoms with van der Waals surface area (Å²) in [4.78, 5) is 29.1. The standard InChI is InChI=1S/C23H35N3O4/c1-29-21-8-3-2-6-19(21)7-4-11-24-23(28)20-9-10-22(27)26(18-20)13-5-12-25-14-16-30-17-15-25/h2-3,6,8,20H,4-5,7,9-18H2,1H3,(H,24,28)/t20-/m0/s1. The van der Waals surface area contributed by atoms with Crippen LogP contribution in [0.15, 0.2) is 24.3 Å². The normalized spacial score (nSPS) is 20.2. The number of morpholine rings is 1.